The van der Waals surface area contributed by atoms with E-state index in [-0.39, 0.29) is 0 Å². The lowest BCUT2D eigenvalue weighted by molar-refractivity contribution is 0.0960. The number of aromatic nitrogens is 4. The zero-order chi connectivity index (χ0) is 18.3. The second-order valence-electron chi connectivity index (χ2n) is 7.91. The molecule has 0 N–H and O–H groups in total. The zero-order valence-corrected chi connectivity index (χ0v) is 15.9. The summed E-state index contributed by atoms with van der Waals surface area (Å²) in [7, 11) is 2.09. The lowest BCUT2D eigenvalue weighted by atomic mass is 9.85. The molecule has 6 heteroatoms. The molecule has 6 nitrogen and oxygen atoms in total. The molecule has 2 aliphatic heterocycles. The van der Waals surface area contributed by atoms with Crippen molar-refractivity contribution in [2.45, 2.75) is 37.8 Å². The van der Waals surface area contributed by atoms with Crippen molar-refractivity contribution >= 4 is 16.9 Å². The van der Waals surface area contributed by atoms with Crippen LogP contribution < -0.4 is 4.90 Å². The number of rotatable bonds is 3. The van der Waals surface area contributed by atoms with Crippen LogP contribution in [0.15, 0.2) is 42.9 Å². The summed E-state index contributed by atoms with van der Waals surface area (Å²) >= 11 is 0. The molecule has 27 heavy (non-hydrogen) atoms. The second-order valence-corrected chi connectivity index (χ2v) is 7.91. The summed E-state index contributed by atoms with van der Waals surface area (Å²) in [5.41, 5.74) is 2.27. The van der Waals surface area contributed by atoms with Gasteiger partial charge in [-0.2, -0.15) is 0 Å². The van der Waals surface area contributed by atoms with Gasteiger partial charge in [-0.1, -0.05) is 12.1 Å². The number of hydrogen-bond acceptors (Lipinski definition) is 5. The summed E-state index contributed by atoms with van der Waals surface area (Å²) < 4.78 is 2.14. The van der Waals surface area contributed by atoms with Gasteiger partial charge in [0.15, 0.2) is 0 Å². The second kappa shape index (κ2) is 6.60. The molecule has 3 aromatic rings. The summed E-state index contributed by atoms with van der Waals surface area (Å²) in [6.07, 6.45) is 10.8. The molecule has 0 atom stereocenters. The molecular weight excluding hydrogens is 336 g/mol. The van der Waals surface area contributed by atoms with E-state index >= 15 is 0 Å². The van der Waals surface area contributed by atoms with E-state index in [0.717, 1.165) is 36.5 Å². The Morgan fingerprint density at radius 3 is 2.59 bits per heavy atom. The average molecular weight is 362 g/mol. The van der Waals surface area contributed by atoms with Crippen molar-refractivity contribution in [3.63, 3.8) is 0 Å². The van der Waals surface area contributed by atoms with Crippen molar-refractivity contribution in [1.29, 1.82) is 0 Å². The van der Waals surface area contributed by atoms with Crippen LogP contribution in [0.25, 0.3) is 11.0 Å². The van der Waals surface area contributed by atoms with Gasteiger partial charge in [-0.25, -0.2) is 9.97 Å². The van der Waals surface area contributed by atoms with E-state index in [1.807, 2.05) is 42.9 Å². The Morgan fingerprint density at radius 2 is 1.81 bits per heavy atom. The Bertz CT molecular complexity index is 941. The number of aryl methyl sites for hydroxylation is 1. The molecule has 2 fully saturated rings. The maximum absolute atomic E-state index is 4.84. The maximum atomic E-state index is 4.84. The third-order valence-electron chi connectivity index (χ3n) is 6.45. The molecule has 0 saturated carbocycles. The summed E-state index contributed by atoms with van der Waals surface area (Å²) in [6, 6.07) is 8.10. The minimum Gasteiger partial charge on any atom is -0.355 e. The van der Waals surface area contributed by atoms with Gasteiger partial charge in [0.05, 0.1) is 23.8 Å². The van der Waals surface area contributed by atoms with Crippen LogP contribution in [0, 0.1) is 0 Å². The van der Waals surface area contributed by atoms with E-state index in [4.69, 9.17) is 4.98 Å². The molecule has 1 aromatic carbocycles. The van der Waals surface area contributed by atoms with E-state index in [2.05, 4.69) is 31.4 Å². The first kappa shape index (κ1) is 16.7. The van der Waals surface area contributed by atoms with Crippen molar-refractivity contribution in [2.75, 3.05) is 24.5 Å². The van der Waals surface area contributed by atoms with Crippen molar-refractivity contribution < 1.29 is 0 Å². The Balaban J connectivity index is 1.31. The molecule has 0 amide bonds. The average Bonchev–Trinajstić information content (AvgIpc) is 3.29. The number of nitrogens with zero attached hydrogens (tertiary/aromatic N) is 6. The Morgan fingerprint density at radius 1 is 1.00 bits per heavy atom. The topological polar surface area (TPSA) is 50.1 Å². The number of anilines is 1. The van der Waals surface area contributed by atoms with E-state index in [1.54, 1.807) is 0 Å². The molecule has 0 bridgehead atoms. The number of hydrogen-bond donors (Lipinski definition) is 0. The van der Waals surface area contributed by atoms with Gasteiger partial charge in [0, 0.05) is 38.1 Å². The fourth-order valence-corrected chi connectivity index (χ4v) is 4.78. The molecule has 5 rings (SSSR count). The van der Waals surface area contributed by atoms with Crippen LogP contribution in [-0.2, 0) is 13.6 Å². The van der Waals surface area contributed by atoms with Gasteiger partial charge in [-0.15, -0.1) is 0 Å². The standard InChI is InChI=1S/C21H26N6/c1-25-14-10-22-20(25)16-27-11-4-7-21(27)8-12-26(13-9-21)19-15-23-17-5-2-3-6-18(17)24-19/h2-3,5-6,10,14-15H,4,7-9,11-13,16H2,1H3. The van der Waals surface area contributed by atoms with Gasteiger partial charge in [0.1, 0.15) is 11.6 Å². The van der Waals surface area contributed by atoms with Gasteiger partial charge in [-0.3, -0.25) is 9.88 Å². The molecule has 2 saturated heterocycles. The van der Waals surface area contributed by atoms with Crippen LogP contribution in [0.2, 0.25) is 0 Å². The number of benzene rings is 1. The van der Waals surface area contributed by atoms with Crippen LogP contribution in [-0.4, -0.2) is 49.6 Å². The fourth-order valence-electron chi connectivity index (χ4n) is 4.78. The lowest BCUT2D eigenvalue weighted by Crippen LogP contribution is -2.52. The number of para-hydroxylation sites is 2. The summed E-state index contributed by atoms with van der Waals surface area (Å²) in [4.78, 5) is 19.1. The number of imidazole rings is 1. The van der Waals surface area contributed by atoms with E-state index in [0.29, 0.717) is 5.54 Å². The van der Waals surface area contributed by atoms with Crippen LogP contribution in [0.4, 0.5) is 5.82 Å². The first-order valence-electron chi connectivity index (χ1n) is 9.92. The van der Waals surface area contributed by atoms with Crippen molar-refractivity contribution in [2.24, 2.45) is 7.05 Å². The van der Waals surface area contributed by atoms with E-state index in [1.165, 1.54) is 38.1 Å². The lowest BCUT2D eigenvalue weighted by Gasteiger charge is -2.45. The molecule has 0 aliphatic carbocycles. The maximum Gasteiger partial charge on any atom is 0.147 e. The Kier molecular flexibility index (Phi) is 4.08. The number of piperidine rings is 1. The van der Waals surface area contributed by atoms with Gasteiger partial charge in [0.25, 0.3) is 0 Å². The Labute approximate surface area is 159 Å². The summed E-state index contributed by atoms with van der Waals surface area (Å²) in [5.74, 6) is 2.18. The Hall–Kier alpha value is -2.47. The minimum absolute atomic E-state index is 0.326. The largest absolute Gasteiger partial charge is 0.355 e. The van der Waals surface area contributed by atoms with E-state index < -0.39 is 0 Å². The number of fused-ring (bicyclic) bond motifs is 1. The first-order valence-corrected chi connectivity index (χ1v) is 9.92. The highest BCUT2D eigenvalue weighted by Crippen LogP contribution is 2.40. The first-order chi connectivity index (χ1) is 13.2. The summed E-state index contributed by atoms with van der Waals surface area (Å²) in [5, 5.41) is 0. The fraction of sp³-hybridized carbons (Fsp3) is 0.476. The van der Waals surface area contributed by atoms with Crippen molar-refractivity contribution in [3.8, 4) is 0 Å². The number of likely N-dealkylation sites (tertiary alicyclic amines) is 1. The SMILES string of the molecule is Cn1ccnc1CN1CCCC12CCN(c1cnc3ccccc3n1)CC2. The molecular formula is C21H26N6. The predicted octanol–water partition coefficient (Wildman–Crippen LogP) is 3.00. The van der Waals surface area contributed by atoms with Crippen molar-refractivity contribution in [1.82, 2.24) is 24.4 Å². The zero-order valence-electron chi connectivity index (χ0n) is 15.9. The normalized spacial score (nSPS) is 20.0. The molecule has 1 spiro atoms. The highest BCUT2D eigenvalue weighted by molar-refractivity contribution is 5.75. The molecule has 2 aliphatic rings. The molecule has 2 aromatic heterocycles. The monoisotopic (exact) mass is 362 g/mol. The third-order valence-corrected chi connectivity index (χ3v) is 6.45. The van der Waals surface area contributed by atoms with Gasteiger partial charge in [-0.05, 0) is 44.4 Å². The van der Waals surface area contributed by atoms with Crippen LogP contribution in [0.1, 0.15) is 31.5 Å². The predicted molar refractivity (Wildman–Crippen MR) is 107 cm³/mol. The van der Waals surface area contributed by atoms with Crippen LogP contribution in [0.5, 0.6) is 0 Å². The third kappa shape index (κ3) is 2.98. The highest BCUT2D eigenvalue weighted by atomic mass is 15.3. The van der Waals surface area contributed by atoms with Gasteiger partial charge < -0.3 is 9.47 Å². The van der Waals surface area contributed by atoms with Crippen molar-refractivity contribution in [3.05, 3.63) is 48.7 Å². The molecule has 0 radical (unpaired) electrons. The highest BCUT2D eigenvalue weighted by Gasteiger charge is 2.43. The van der Waals surface area contributed by atoms with Crippen LogP contribution in [0.3, 0.4) is 0 Å². The van der Waals surface area contributed by atoms with Gasteiger partial charge >= 0.3 is 0 Å². The summed E-state index contributed by atoms with van der Waals surface area (Å²) in [6.45, 7) is 4.23. The van der Waals surface area contributed by atoms with E-state index in [9.17, 15) is 0 Å². The molecule has 0 unspecified atom stereocenters. The van der Waals surface area contributed by atoms with Crippen LogP contribution >= 0.6 is 0 Å². The smallest absolute Gasteiger partial charge is 0.147 e. The molecule has 4 heterocycles. The minimum atomic E-state index is 0.326. The molecule has 140 valence electrons. The quantitative estimate of drug-likeness (QED) is 0.717. The van der Waals surface area contributed by atoms with Gasteiger partial charge in [0.2, 0.25) is 0 Å².